The molecule has 0 unspecified atom stereocenters. The second-order valence-electron chi connectivity index (χ2n) is 5.03. The fourth-order valence-electron chi connectivity index (χ4n) is 2.00. The van der Waals surface area contributed by atoms with Crippen molar-refractivity contribution in [1.82, 2.24) is 0 Å². The summed E-state index contributed by atoms with van der Waals surface area (Å²) in [5, 5.41) is 5.73. The number of rotatable bonds is 5. The van der Waals surface area contributed by atoms with E-state index in [1.807, 2.05) is 43.3 Å². The third-order valence-electron chi connectivity index (χ3n) is 3.24. The van der Waals surface area contributed by atoms with Crippen LogP contribution in [-0.2, 0) is 4.79 Å². The molecule has 134 valence electrons. The second kappa shape index (κ2) is 10.2. The van der Waals surface area contributed by atoms with Crippen LogP contribution in [0.15, 0.2) is 51.9 Å². The fraction of sp³-hybridized carbons (Fsp3) is 0.176. The van der Waals surface area contributed by atoms with Crippen molar-refractivity contribution in [2.45, 2.75) is 6.92 Å². The van der Waals surface area contributed by atoms with E-state index in [1.54, 1.807) is 13.2 Å². The van der Waals surface area contributed by atoms with Gasteiger partial charge in [-0.25, -0.2) is 4.99 Å². The SMILES string of the molecule is COc1ccccc1NC(N)=NCC(=O)Nc1cc(Br)ccc1C.I. The molecule has 0 aliphatic carbocycles. The molecule has 0 saturated heterocycles. The Hall–Kier alpha value is -1.81. The quantitative estimate of drug-likeness (QED) is 0.319. The average molecular weight is 519 g/mol. The van der Waals surface area contributed by atoms with Gasteiger partial charge in [0.2, 0.25) is 5.91 Å². The molecule has 4 N–H and O–H groups in total. The Morgan fingerprint density at radius 2 is 1.92 bits per heavy atom. The number of hydrogen-bond donors (Lipinski definition) is 3. The zero-order valence-electron chi connectivity index (χ0n) is 13.9. The highest BCUT2D eigenvalue weighted by Crippen LogP contribution is 2.22. The van der Waals surface area contributed by atoms with Crippen molar-refractivity contribution >= 4 is 63.1 Å². The molecule has 0 heterocycles. The van der Waals surface area contributed by atoms with Crippen LogP contribution < -0.4 is 21.1 Å². The third kappa shape index (κ3) is 6.54. The normalized spacial score (nSPS) is 10.6. The Balaban J connectivity index is 0.00000312. The van der Waals surface area contributed by atoms with Gasteiger partial charge in [-0.1, -0.05) is 34.1 Å². The zero-order valence-corrected chi connectivity index (χ0v) is 17.8. The predicted octanol–water partition coefficient (Wildman–Crippen LogP) is 3.75. The highest BCUT2D eigenvalue weighted by molar-refractivity contribution is 14.0. The number of hydrogen-bond acceptors (Lipinski definition) is 3. The first-order valence-corrected chi connectivity index (χ1v) is 8.05. The first-order chi connectivity index (χ1) is 11.5. The van der Waals surface area contributed by atoms with E-state index < -0.39 is 0 Å². The maximum absolute atomic E-state index is 12.0. The summed E-state index contributed by atoms with van der Waals surface area (Å²) in [5.74, 6) is 0.534. The highest BCUT2D eigenvalue weighted by Gasteiger charge is 2.06. The summed E-state index contributed by atoms with van der Waals surface area (Å²) in [4.78, 5) is 16.1. The Morgan fingerprint density at radius 3 is 2.64 bits per heavy atom. The van der Waals surface area contributed by atoms with Gasteiger partial charge in [0, 0.05) is 10.2 Å². The lowest BCUT2D eigenvalue weighted by atomic mass is 10.2. The number of ether oxygens (including phenoxy) is 1. The third-order valence-corrected chi connectivity index (χ3v) is 3.73. The van der Waals surface area contributed by atoms with Crippen LogP contribution in [0.25, 0.3) is 0 Å². The van der Waals surface area contributed by atoms with Crippen molar-refractivity contribution in [1.29, 1.82) is 0 Å². The van der Waals surface area contributed by atoms with Gasteiger partial charge in [-0.05, 0) is 36.8 Å². The lowest BCUT2D eigenvalue weighted by Gasteiger charge is -2.10. The average Bonchev–Trinajstić information content (AvgIpc) is 2.57. The van der Waals surface area contributed by atoms with E-state index in [0.717, 1.165) is 15.7 Å². The molecule has 0 bridgehead atoms. The van der Waals surface area contributed by atoms with Gasteiger partial charge in [-0.15, -0.1) is 24.0 Å². The van der Waals surface area contributed by atoms with E-state index >= 15 is 0 Å². The Morgan fingerprint density at radius 1 is 1.20 bits per heavy atom. The Bertz CT molecular complexity index is 768. The van der Waals surface area contributed by atoms with Crippen molar-refractivity contribution in [3.8, 4) is 5.75 Å². The first kappa shape index (κ1) is 21.2. The summed E-state index contributed by atoms with van der Waals surface area (Å²) in [6.07, 6.45) is 0. The van der Waals surface area contributed by atoms with Crippen LogP contribution >= 0.6 is 39.9 Å². The standard InChI is InChI=1S/C17H19BrN4O2.HI/c1-11-7-8-12(18)9-14(11)21-16(23)10-20-17(19)22-13-5-3-4-6-15(13)24-2;/h3-9H,10H2,1-2H3,(H,21,23)(H3,19,20,22);1H. The van der Waals surface area contributed by atoms with Gasteiger partial charge in [0.25, 0.3) is 0 Å². The minimum Gasteiger partial charge on any atom is -0.495 e. The maximum atomic E-state index is 12.0. The highest BCUT2D eigenvalue weighted by atomic mass is 127. The van der Waals surface area contributed by atoms with Crippen LogP contribution in [0.2, 0.25) is 0 Å². The number of amides is 1. The summed E-state index contributed by atoms with van der Waals surface area (Å²) in [6, 6.07) is 13.0. The van der Waals surface area contributed by atoms with Gasteiger partial charge in [-0.3, -0.25) is 4.79 Å². The monoisotopic (exact) mass is 518 g/mol. The number of methoxy groups -OCH3 is 1. The van der Waals surface area contributed by atoms with Crippen LogP contribution in [0.3, 0.4) is 0 Å². The largest absolute Gasteiger partial charge is 0.495 e. The summed E-state index contributed by atoms with van der Waals surface area (Å²) in [5.41, 5.74) is 8.21. The Kier molecular flexibility index (Phi) is 8.70. The van der Waals surface area contributed by atoms with E-state index in [9.17, 15) is 4.79 Å². The van der Waals surface area contributed by atoms with Crippen molar-refractivity contribution in [3.05, 3.63) is 52.5 Å². The van der Waals surface area contributed by atoms with Gasteiger partial charge in [0.05, 0.1) is 12.8 Å². The molecular formula is C17H20BrIN4O2. The van der Waals surface area contributed by atoms with Gasteiger partial charge in [0.1, 0.15) is 12.3 Å². The number of nitrogens with two attached hydrogens (primary N) is 1. The molecule has 0 atom stereocenters. The summed E-state index contributed by atoms with van der Waals surface area (Å²) >= 11 is 3.38. The number of nitrogens with one attached hydrogen (secondary N) is 2. The van der Waals surface area contributed by atoms with Gasteiger partial charge in [0.15, 0.2) is 5.96 Å². The topological polar surface area (TPSA) is 88.7 Å². The molecule has 0 saturated carbocycles. The lowest BCUT2D eigenvalue weighted by Crippen LogP contribution is -2.25. The van der Waals surface area contributed by atoms with Gasteiger partial charge >= 0.3 is 0 Å². The zero-order chi connectivity index (χ0) is 17.5. The number of aliphatic imine (C=N–C) groups is 1. The van der Waals surface area contributed by atoms with E-state index in [4.69, 9.17) is 10.5 Å². The number of anilines is 2. The molecule has 6 nitrogen and oxygen atoms in total. The van der Waals surface area contributed by atoms with E-state index in [-0.39, 0.29) is 42.4 Å². The van der Waals surface area contributed by atoms with Crippen molar-refractivity contribution < 1.29 is 9.53 Å². The molecule has 0 aliphatic heterocycles. The summed E-state index contributed by atoms with van der Waals surface area (Å²) in [7, 11) is 1.57. The molecule has 2 aromatic carbocycles. The molecule has 2 rings (SSSR count). The van der Waals surface area contributed by atoms with E-state index in [0.29, 0.717) is 11.4 Å². The van der Waals surface area contributed by atoms with Crippen LogP contribution in [0, 0.1) is 6.92 Å². The molecule has 1 amide bonds. The number of benzene rings is 2. The molecule has 0 aromatic heterocycles. The number of aryl methyl sites for hydroxylation is 1. The van der Waals surface area contributed by atoms with Crippen LogP contribution in [0.1, 0.15) is 5.56 Å². The summed E-state index contributed by atoms with van der Waals surface area (Å²) < 4.78 is 6.11. The van der Waals surface area contributed by atoms with Crippen molar-refractivity contribution in [2.75, 3.05) is 24.3 Å². The lowest BCUT2D eigenvalue weighted by molar-refractivity contribution is -0.114. The number of para-hydroxylation sites is 2. The van der Waals surface area contributed by atoms with Crippen molar-refractivity contribution in [2.24, 2.45) is 10.7 Å². The predicted molar refractivity (Wildman–Crippen MR) is 116 cm³/mol. The molecular weight excluding hydrogens is 499 g/mol. The number of nitrogens with zero attached hydrogens (tertiary/aromatic N) is 1. The van der Waals surface area contributed by atoms with Crippen LogP contribution in [0.5, 0.6) is 5.75 Å². The van der Waals surface area contributed by atoms with Crippen LogP contribution in [-0.4, -0.2) is 25.5 Å². The molecule has 0 radical (unpaired) electrons. The van der Waals surface area contributed by atoms with Gasteiger partial charge < -0.3 is 21.1 Å². The molecule has 0 spiro atoms. The molecule has 2 aromatic rings. The minimum absolute atomic E-state index is 0. The van der Waals surface area contributed by atoms with E-state index in [1.165, 1.54) is 0 Å². The fourth-order valence-corrected chi connectivity index (χ4v) is 2.36. The van der Waals surface area contributed by atoms with E-state index in [2.05, 4.69) is 31.6 Å². The smallest absolute Gasteiger partial charge is 0.246 e. The number of carbonyl (C=O) groups is 1. The molecule has 25 heavy (non-hydrogen) atoms. The number of carbonyl (C=O) groups excluding carboxylic acids is 1. The number of guanidine groups is 1. The van der Waals surface area contributed by atoms with Gasteiger partial charge in [-0.2, -0.15) is 0 Å². The molecule has 0 aliphatic rings. The molecule has 0 fully saturated rings. The maximum Gasteiger partial charge on any atom is 0.246 e. The minimum atomic E-state index is -0.249. The molecule has 8 heteroatoms. The van der Waals surface area contributed by atoms with Crippen molar-refractivity contribution in [3.63, 3.8) is 0 Å². The number of halogens is 2. The van der Waals surface area contributed by atoms with Crippen LogP contribution in [0.4, 0.5) is 11.4 Å². The summed E-state index contributed by atoms with van der Waals surface area (Å²) in [6.45, 7) is 1.84. The Labute approximate surface area is 172 Å². The second-order valence-corrected chi connectivity index (χ2v) is 5.95. The first-order valence-electron chi connectivity index (χ1n) is 7.25.